The first kappa shape index (κ1) is 14.4. The molecule has 0 aliphatic heterocycles. The molecule has 0 amide bonds. The van der Waals surface area contributed by atoms with Gasteiger partial charge in [-0.3, -0.25) is 0 Å². The second-order valence-electron chi connectivity index (χ2n) is 4.86. The molecule has 0 heterocycles. The smallest absolute Gasteiger partial charge is 0.321 e. The Balaban J connectivity index is 4.05. The van der Waals surface area contributed by atoms with E-state index in [0.29, 0.717) is 0 Å². The standard InChI is InChI=1S/C10H26O2Si2/c1-7-9-11-14(5,6)12-13(3,4)10-8-2/h7-10H2,1-6H3. The van der Waals surface area contributed by atoms with Gasteiger partial charge in [0.05, 0.1) is 0 Å². The van der Waals surface area contributed by atoms with Crippen LogP contribution in [0, 0.1) is 0 Å². The van der Waals surface area contributed by atoms with Crippen LogP contribution in [0.4, 0.5) is 0 Å². The first-order valence-electron chi connectivity index (χ1n) is 5.67. The van der Waals surface area contributed by atoms with Gasteiger partial charge in [0, 0.05) is 6.61 Å². The van der Waals surface area contributed by atoms with Crippen LogP contribution in [0.1, 0.15) is 26.7 Å². The summed E-state index contributed by atoms with van der Waals surface area (Å²) in [7, 11) is -3.29. The van der Waals surface area contributed by atoms with Crippen LogP contribution in [0.3, 0.4) is 0 Å². The van der Waals surface area contributed by atoms with Crippen molar-refractivity contribution in [3.63, 3.8) is 0 Å². The number of hydrogen-bond donors (Lipinski definition) is 0. The van der Waals surface area contributed by atoms with E-state index >= 15 is 0 Å². The lowest BCUT2D eigenvalue weighted by Gasteiger charge is -2.33. The highest BCUT2D eigenvalue weighted by Crippen LogP contribution is 2.20. The van der Waals surface area contributed by atoms with Gasteiger partial charge < -0.3 is 8.54 Å². The number of hydrogen-bond acceptors (Lipinski definition) is 2. The van der Waals surface area contributed by atoms with Gasteiger partial charge in [0.1, 0.15) is 0 Å². The molecule has 2 nitrogen and oxygen atoms in total. The lowest BCUT2D eigenvalue weighted by Crippen LogP contribution is -2.46. The molecule has 0 rings (SSSR count). The predicted octanol–water partition coefficient (Wildman–Crippen LogP) is 3.75. The minimum atomic E-state index is -1.84. The zero-order valence-electron chi connectivity index (χ0n) is 10.6. The molecule has 0 radical (unpaired) electrons. The normalized spacial score (nSPS) is 13.3. The highest BCUT2D eigenvalue weighted by atomic mass is 28.4. The fourth-order valence-electron chi connectivity index (χ4n) is 1.70. The average Bonchev–Trinajstić information content (AvgIpc) is 1.98. The van der Waals surface area contributed by atoms with E-state index in [1.165, 1.54) is 12.5 Å². The molecule has 14 heavy (non-hydrogen) atoms. The molecule has 0 spiro atoms. The van der Waals surface area contributed by atoms with Crippen LogP contribution in [0.5, 0.6) is 0 Å². The Morgan fingerprint density at radius 3 is 1.93 bits per heavy atom. The lowest BCUT2D eigenvalue weighted by atomic mass is 10.5. The number of rotatable bonds is 7. The molecule has 0 fully saturated rings. The average molecular weight is 234 g/mol. The summed E-state index contributed by atoms with van der Waals surface area (Å²) in [4.78, 5) is 0. The Hall–Kier alpha value is 0.354. The summed E-state index contributed by atoms with van der Waals surface area (Å²) < 4.78 is 12.0. The Kier molecular flexibility index (Phi) is 6.20. The van der Waals surface area contributed by atoms with Crippen molar-refractivity contribution in [1.82, 2.24) is 0 Å². The molecule has 4 heteroatoms. The molecule has 0 atom stereocenters. The van der Waals surface area contributed by atoms with E-state index < -0.39 is 16.9 Å². The third kappa shape index (κ3) is 6.76. The molecule has 0 aliphatic rings. The summed E-state index contributed by atoms with van der Waals surface area (Å²) in [6.07, 6.45) is 2.30. The first-order valence-corrected chi connectivity index (χ1v) is 11.6. The van der Waals surface area contributed by atoms with Gasteiger partial charge in [-0.2, -0.15) is 0 Å². The molecule has 86 valence electrons. The van der Waals surface area contributed by atoms with E-state index in [-0.39, 0.29) is 0 Å². The summed E-state index contributed by atoms with van der Waals surface area (Å²) >= 11 is 0. The van der Waals surface area contributed by atoms with E-state index in [0.717, 1.165) is 13.0 Å². The predicted molar refractivity (Wildman–Crippen MR) is 67.4 cm³/mol. The molecule has 0 saturated heterocycles. The maximum atomic E-state index is 6.22. The molecular weight excluding hydrogens is 208 g/mol. The van der Waals surface area contributed by atoms with Crippen molar-refractivity contribution >= 4 is 16.9 Å². The van der Waals surface area contributed by atoms with E-state index in [2.05, 4.69) is 40.0 Å². The van der Waals surface area contributed by atoms with Crippen molar-refractivity contribution in [2.75, 3.05) is 6.61 Å². The maximum absolute atomic E-state index is 6.22. The minimum absolute atomic E-state index is 0.843. The Morgan fingerprint density at radius 1 is 0.929 bits per heavy atom. The second-order valence-corrected chi connectivity index (χ2v) is 12.8. The van der Waals surface area contributed by atoms with Gasteiger partial charge in [-0.1, -0.05) is 20.3 Å². The van der Waals surface area contributed by atoms with Crippen molar-refractivity contribution in [2.24, 2.45) is 0 Å². The van der Waals surface area contributed by atoms with Gasteiger partial charge >= 0.3 is 8.56 Å². The van der Waals surface area contributed by atoms with Gasteiger partial charge in [0.25, 0.3) is 0 Å². The molecule has 0 saturated carbocycles. The summed E-state index contributed by atoms with van der Waals surface area (Å²) in [5.41, 5.74) is 0. The van der Waals surface area contributed by atoms with Gasteiger partial charge in [-0.25, -0.2) is 0 Å². The summed E-state index contributed by atoms with van der Waals surface area (Å²) in [6.45, 7) is 14.1. The van der Waals surface area contributed by atoms with Crippen molar-refractivity contribution in [1.29, 1.82) is 0 Å². The molecule has 0 aromatic carbocycles. The first-order chi connectivity index (χ1) is 6.33. The van der Waals surface area contributed by atoms with E-state index in [9.17, 15) is 0 Å². The quantitative estimate of drug-likeness (QED) is 0.625. The SMILES string of the molecule is CCCO[Si](C)(C)O[Si](C)(C)CCC. The molecule has 0 unspecified atom stereocenters. The largest absolute Gasteiger partial charge is 0.436 e. The highest BCUT2D eigenvalue weighted by Gasteiger charge is 2.33. The third-order valence-corrected chi connectivity index (χ3v) is 8.81. The van der Waals surface area contributed by atoms with Crippen LogP contribution in [-0.4, -0.2) is 23.5 Å². The third-order valence-electron chi connectivity index (χ3n) is 2.03. The van der Waals surface area contributed by atoms with Gasteiger partial charge in [-0.15, -0.1) is 0 Å². The summed E-state index contributed by atoms with van der Waals surface area (Å²) in [5, 5.41) is 0. The molecule has 0 aromatic heterocycles. The van der Waals surface area contributed by atoms with Gasteiger partial charge in [-0.05, 0) is 38.7 Å². The van der Waals surface area contributed by atoms with Crippen molar-refractivity contribution in [3.05, 3.63) is 0 Å². The minimum Gasteiger partial charge on any atom is -0.436 e. The second kappa shape index (κ2) is 6.05. The Bertz CT molecular complexity index is 158. The van der Waals surface area contributed by atoms with Crippen LogP contribution >= 0.6 is 0 Å². The zero-order chi connectivity index (χ0) is 11.2. The van der Waals surface area contributed by atoms with Gasteiger partial charge in [0.15, 0.2) is 8.32 Å². The van der Waals surface area contributed by atoms with Crippen LogP contribution in [0.2, 0.25) is 32.2 Å². The summed E-state index contributed by atoms with van der Waals surface area (Å²) in [6, 6.07) is 1.24. The van der Waals surface area contributed by atoms with Crippen molar-refractivity contribution in [3.8, 4) is 0 Å². The van der Waals surface area contributed by atoms with E-state index in [4.69, 9.17) is 8.54 Å². The fraction of sp³-hybridized carbons (Fsp3) is 1.00. The fourth-order valence-corrected chi connectivity index (χ4v) is 9.56. The van der Waals surface area contributed by atoms with Crippen LogP contribution in [0.15, 0.2) is 0 Å². The van der Waals surface area contributed by atoms with Crippen molar-refractivity contribution in [2.45, 2.75) is 58.9 Å². The monoisotopic (exact) mass is 234 g/mol. The zero-order valence-corrected chi connectivity index (χ0v) is 12.6. The van der Waals surface area contributed by atoms with Crippen LogP contribution in [0.25, 0.3) is 0 Å². The van der Waals surface area contributed by atoms with E-state index in [1.54, 1.807) is 0 Å². The summed E-state index contributed by atoms with van der Waals surface area (Å²) in [5.74, 6) is 0. The molecule has 0 aromatic rings. The Labute approximate surface area is 91.4 Å². The Morgan fingerprint density at radius 2 is 1.50 bits per heavy atom. The molecule has 0 bridgehead atoms. The molecule has 0 aliphatic carbocycles. The lowest BCUT2D eigenvalue weighted by molar-refractivity contribution is 0.245. The van der Waals surface area contributed by atoms with Crippen LogP contribution < -0.4 is 0 Å². The topological polar surface area (TPSA) is 18.5 Å². The maximum Gasteiger partial charge on any atom is 0.321 e. The highest BCUT2D eigenvalue weighted by molar-refractivity contribution is 6.82. The van der Waals surface area contributed by atoms with Gasteiger partial charge in [0.2, 0.25) is 0 Å². The molecular formula is C10H26O2Si2. The van der Waals surface area contributed by atoms with Crippen LogP contribution in [-0.2, 0) is 8.54 Å². The van der Waals surface area contributed by atoms with E-state index in [1.807, 2.05) is 0 Å². The molecule has 0 N–H and O–H groups in total. The van der Waals surface area contributed by atoms with Crippen molar-refractivity contribution < 1.29 is 8.54 Å².